The van der Waals surface area contributed by atoms with Gasteiger partial charge in [0.15, 0.2) is 5.11 Å². The van der Waals surface area contributed by atoms with Crippen LogP contribution in [0.3, 0.4) is 0 Å². The van der Waals surface area contributed by atoms with Gasteiger partial charge in [0.1, 0.15) is 0 Å². The Balaban J connectivity index is 2.35. The first-order valence-corrected chi connectivity index (χ1v) is 3.72. The van der Waals surface area contributed by atoms with Gasteiger partial charge in [-0.25, -0.2) is 0 Å². The van der Waals surface area contributed by atoms with Gasteiger partial charge in [0, 0.05) is 20.2 Å². The van der Waals surface area contributed by atoms with Crippen LogP contribution < -0.4 is 5.73 Å². The molecule has 0 spiro atoms. The quantitative estimate of drug-likeness (QED) is 0.546. The van der Waals surface area contributed by atoms with Crippen LogP contribution in [-0.2, 0) is 4.74 Å². The zero-order valence-electron chi connectivity index (χ0n) is 6.04. The van der Waals surface area contributed by atoms with Crippen LogP contribution >= 0.6 is 12.2 Å². The van der Waals surface area contributed by atoms with Crippen LogP contribution in [0.4, 0.5) is 0 Å². The molecule has 0 radical (unpaired) electrons. The maximum absolute atomic E-state index is 5.42. The van der Waals surface area contributed by atoms with E-state index in [-0.39, 0.29) is 0 Å². The molecule has 0 saturated carbocycles. The van der Waals surface area contributed by atoms with Gasteiger partial charge in [0.05, 0.1) is 6.10 Å². The van der Waals surface area contributed by atoms with E-state index in [4.69, 9.17) is 22.7 Å². The third-order valence-electron chi connectivity index (χ3n) is 1.79. The zero-order chi connectivity index (χ0) is 7.56. The largest absolute Gasteiger partial charge is 0.380 e. The van der Waals surface area contributed by atoms with E-state index in [0.717, 1.165) is 19.5 Å². The fourth-order valence-electron chi connectivity index (χ4n) is 1.12. The van der Waals surface area contributed by atoms with Gasteiger partial charge in [-0.2, -0.15) is 0 Å². The Bertz CT molecular complexity index is 140. The predicted octanol–water partition coefficient (Wildman–Crippen LogP) is -0.0493. The smallest absolute Gasteiger partial charge is 0.166 e. The van der Waals surface area contributed by atoms with Crippen molar-refractivity contribution in [3.63, 3.8) is 0 Å². The average Bonchev–Trinajstić information content (AvgIpc) is 2.34. The molecule has 4 heteroatoms. The first-order valence-electron chi connectivity index (χ1n) is 3.31. The molecule has 1 atom stereocenters. The minimum Gasteiger partial charge on any atom is -0.380 e. The molecule has 0 bridgehead atoms. The molecular weight excluding hydrogens is 148 g/mol. The SMILES string of the molecule is CO[C@@H]1CCN(C(N)=S)C1. The van der Waals surface area contributed by atoms with E-state index in [9.17, 15) is 0 Å². The van der Waals surface area contributed by atoms with Crippen molar-refractivity contribution in [1.82, 2.24) is 4.90 Å². The minimum atomic E-state index is 0.321. The van der Waals surface area contributed by atoms with Crippen molar-refractivity contribution in [3.05, 3.63) is 0 Å². The first kappa shape index (κ1) is 7.75. The fraction of sp³-hybridized carbons (Fsp3) is 0.833. The van der Waals surface area contributed by atoms with Gasteiger partial charge in [-0.3, -0.25) is 0 Å². The maximum atomic E-state index is 5.42. The Kier molecular flexibility index (Phi) is 2.45. The molecule has 3 nitrogen and oxygen atoms in total. The summed E-state index contributed by atoms with van der Waals surface area (Å²) in [5.74, 6) is 0. The van der Waals surface area contributed by atoms with Crippen molar-refractivity contribution in [2.75, 3.05) is 20.2 Å². The van der Waals surface area contributed by atoms with Crippen LogP contribution in [-0.4, -0.2) is 36.3 Å². The van der Waals surface area contributed by atoms with Crippen molar-refractivity contribution < 1.29 is 4.74 Å². The highest BCUT2D eigenvalue weighted by Crippen LogP contribution is 2.10. The highest BCUT2D eigenvalue weighted by atomic mass is 32.1. The van der Waals surface area contributed by atoms with Crippen molar-refractivity contribution in [1.29, 1.82) is 0 Å². The normalized spacial score (nSPS) is 25.3. The summed E-state index contributed by atoms with van der Waals surface area (Å²) in [4.78, 5) is 1.96. The number of nitrogens with two attached hydrogens (primary N) is 1. The second-order valence-electron chi connectivity index (χ2n) is 2.43. The number of hydrogen-bond donors (Lipinski definition) is 1. The monoisotopic (exact) mass is 160 g/mol. The topological polar surface area (TPSA) is 38.5 Å². The average molecular weight is 160 g/mol. The maximum Gasteiger partial charge on any atom is 0.166 e. The van der Waals surface area contributed by atoms with E-state index >= 15 is 0 Å². The number of ether oxygens (including phenoxy) is 1. The lowest BCUT2D eigenvalue weighted by molar-refractivity contribution is 0.114. The van der Waals surface area contributed by atoms with Gasteiger partial charge >= 0.3 is 0 Å². The molecule has 0 aliphatic carbocycles. The van der Waals surface area contributed by atoms with Crippen molar-refractivity contribution in [2.24, 2.45) is 5.73 Å². The summed E-state index contributed by atoms with van der Waals surface area (Å²) in [6, 6.07) is 0. The molecule has 1 aliphatic rings. The second-order valence-corrected chi connectivity index (χ2v) is 2.85. The summed E-state index contributed by atoms with van der Waals surface area (Å²) in [5.41, 5.74) is 5.42. The number of hydrogen-bond acceptors (Lipinski definition) is 2. The summed E-state index contributed by atoms with van der Waals surface area (Å²) in [6.45, 7) is 1.79. The lowest BCUT2D eigenvalue weighted by Gasteiger charge is -2.14. The molecule has 1 aliphatic heterocycles. The minimum absolute atomic E-state index is 0.321. The van der Waals surface area contributed by atoms with Gasteiger partial charge in [0.25, 0.3) is 0 Å². The number of rotatable bonds is 1. The molecule has 1 heterocycles. The Morgan fingerprint density at radius 3 is 2.80 bits per heavy atom. The van der Waals surface area contributed by atoms with Crippen LogP contribution in [0.2, 0.25) is 0 Å². The number of methoxy groups -OCH3 is 1. The van der Waals surface area contributed by atoms with Crippen molar-refractivity contribution in [2.45, 2.75) is 12.5 Å². The fourth-order valence-corrected chi connectivity index (χ4v) is 1.29. The van der Waals surface area contributed by atoms with Gasteiger partial charge in [-0.15, -0.1) is 0 Å². The zero-order valence-corrected chi connectivity index (χ0v) is 6.86. The molecule has 0 amide bonds. The molecule has 0 aromatic heterocycles. The standard InChI is InChI=1S/C6H12N2OS/c1-9-5-2-3-8(4-5)6(7)10/h5H,2-4H2,1H3,(H2,7,10)/t5-/m1/s1. The van der Waals surface area contributed by atoms with Crippen LogP contribution in [0.15, 0.2) is 0 Å². The van der Waals surface area contributed by atoms with Gasteiger partial charge < -0.3 is 15.4 Å². The number of likely N-dealkylation sites (tertiary alicyclic amines) is 1. The molecule has 58 valence electrons. The lowest BCUT2D eigenvalue weighted by atomic mass is 10.3. The van der Waals surface area contributed by atoms with Crippen LogP contribution in [0.1, 0.15) is 6.42 Å². The van der Waals surface area contributed by atoms with Gasteiger partial charge in [-0.05, 0) is 18.6 Å². The molecule has 1 fully saturated rings. The molecule has 0 aromatic carbocycles. The van der Waals surface area contributed by atoms with Gasteiger partial charge in [0.2, 0.25) is 0 Å². The Labute approximate surface area is 66.1 Å². The Morgan fingerprint density at radius 2 is 2.50 bits per heavy atom. The highest BCUT2D eigenvalue weighted by molar-refractivity contribution is 7.80. The molecule has 1 rings (SSSR count). The van der Waals surface area contributed by atoms with Crippen molar-refractivity contribution in [3.8, 4) is 0 Å². The summed E-state index contributed by atoms with van der Waals surface area (Å²) >= 11 is 4.80. The highest BCUT2D eigenvalue weighted by Gasteiger charge is 2.21. The van der Waals surface area contributed by atoms with E-state index in [2.05, 4.69) is 0 Å². The van der Waals surface area contributed by atoms with E-state index in [1.165, 1.54) is 0 Å². The van der Waals surface area contributed by atoms with E-state index < -0.39 is 0 Å². The summed E-state index contributed by atoms with van der Waals surface area (Å²) < 4.78 is 5.13. The molecule has 10 heavy (non-hydrogen) atoms. The third-order valence-corrected chi connectivity index (χ3v) is 2.05. The molecular formula is C6H12N2OS. The molecule has 0 aromatic rings. The van der Waals surface area contributed by atoms with Crippen molar-refractivity contribution >= 4 is 17.3 Å². The summed E-state index contributed by atoms with van der Waals surface area (Å²) in [5, 5.41) is 0.486. The lowest BCUT2D eigenvalue weighted by Crippen LogP contribution is -2.34. The number of thiocarbonyl (C=S) groups is 1. The molecule has 1 saturated heterocycles. The van der Waals surface area contributed by atoms with Crippen LogP contribution in [0, 0.1) is 0 Å². The van der Waals surface area contributed by atoms with E-state index in [1.54, 1.807) is 7.11 Å². The second kappa shape index (κ2) is 3.16. The summed E-state index contributed by atoms with van der Waals surface area (Å²) in [6.07, 6.45) is 1.36. The Hall–Kier alpha value is -0.350. The Morgan fingerprint density at radius 1 is 1.80 bits per heavy atom. The van der Waals surface area contributed by atoms with Gasteiger partial charge in [-0.1, -0.05) is 0 Å². The third kappa shape index (κ3) is 1.58. The first-order chi connectivity index (χ1) is 4.74. The van der Waals surface area contributed by atoms with Crippen LogP contribution in [0.5, 0.6) is 0 Å². The summed E-state index contributed by atoms with van der Waals surface area (Å²) in [7, 11) is 1.72. The van der Waals surface area contributed by atoms with E-state index in [1.807, 2.05) is 4.90 Å². The molecule has 0 unspecified atom stereocenters. The van der Waals surface area contributed by atoms with E-state index in [0.29, 0.717) is 11.2 Å². The molecule has 2 N–H and O–H groups in total. The number of nitrogens with zero attached hydrogens (tertiary/aromatic N) is 1. The van der Waals surface area contributed by atoms with Crippen LogP contribution in [0.25, 0.3) is 0 Å². The predicted molar refractivity (Wildman–Crippen MR) is 43.8 cm³/mol.